The summed E-state index contributed by atoms with van der Waals surface area (Å²) in [5.74, 6) is 1.01. The first-order valence-corrected chi connectivity index (χ1v) is 5.10. The van der Waals surface area contributed by atoms with E-state index in [0.29, 0.717) is 0 Å². The quantitative estimate of drug-likeness (QED) is 0.643. The van der Waals surface area contributed by atoms with E-state index in [1.165, 1.54) is 16.7 Å². The number of furan rings is 1. The van der Waals surface area contributed by atoms with Crippen LogP contribution in [-0.2, 0) is 7.05 Å². The van der Waals surface area contributed by atoms with Gasteiger partial charge in [-0.3, -0.25) is 0 Å². The smallest absolute Gasteiger partial charge is 0.103 e. The topological polar surface area (TPSA) is 18.1 Å². The third-order valence-corrected chi connectivity index (χ3v) is 2.53. The summed E-state index contributed by atoms with van der Waals surface area (Å²) in [6.45, 7) is 8.22. The molecule has 15 heavy (non-hydrogen) atoms. The van der Waals surface area contributed by atoms with Gasteiger partial charge in [0.05, 0.1) is 6.26 Å². The number of nitrogens with zero attached hydrogens (tertiary/aromatic N) is 1. The van der Waals surface area contributed by atoms with E-state index in [2.05, 4.69) is 30.8 Å². The minimum absolute atomic E-state index is 1.01. The van der Waals surface area contributed by atoms with Gasteiger partial charge in [-0.25, -0.2) is 0 Å². The molecule has 0 aliphatic heterocycles. The normalized spacial score (nSPS) is 9.67. The van der Waals surface area contributed by atoms with Crippen LogP contribution in [0.4, 0.5) is 0 Å². The molecule has 0 unspecified atom stereocenters. The second-order valence-electron chi connectivity index (χ2n) is 3.95. The molecule has 82 valence electrons. The SMILES string of the molecule is Cc1ccoc1C.Cc1cn(C)cc1C. The molecular weight excluding hydrogens is 186 g/mol. The van der Waals surface area contributed by atoms with E-state index in [1.807, 2.05) is 27.0 Å². The lowest BCUT2D eigenvalue weighted by atomic mass is 10.2. The maximum Gasteiger partial charge on any atom is 0.103 e. The van der Waals surface area contributed by atoms with Gasteiger partial charge < -0.3 is 8.98 Å². The lowest BCUT2D eigenvalue weighted by Crippen LogP contribution is -1.76. The Kier molecular flexibility index (Phi) is 3.78. The molecule has 2 aromatic rings. The first-order valence-electron chi connectivity index (χ1n) is 5.10. The van der Waals surface area contributed by atoms with Crippen LogP contribution in [0.15, 0.2) is 29.1 Å². The summed E-state index contributed by atoms with van der Waals surface area (Å²) in [7, 11) is 2.04. The molecule has 2 heteroatoms. The predicted octanol–water partition coefficient (Wildman–Crippen LogP) is 3.54. The molecular formula is C13H19NO. The van der Waals surface area contributed by atoms with Crippen molar-refractivity contribution in [2.45, 2.75) is 27.7 Å². The molecule has 0 amide bonds. The molecule has 0 aromatic carbocycles. The zero-order chi connectivity index (χ0) is 11.4. The van der Waals surface area contributed by atoms with Gasteiger partial charge in [0, 0.05) is 19.4 Å². The number of hydrogen-bond acceptors (Lipinski definition) is 1. The van der Waals surface area contributed by atoms with Gasteiger partial charge >= 0.3 is 0 Å². The fourth-order valence-electron chi connectivity index (χ4n) is 1.30. The number of aromatic nitrogens is 1. The van der Waals surface area contributed by atoms with Crippen molar-refractivity contribution in [2.24, 2.45) is 7.05 Å². The summed E-state index contributed by atoms with van der Waals surface area (Å²) in [6, 6.07) is 1.95. The molecule has 0 atom stereocenters. The molecule has 0 fully saturated rings. The van der Waals surface area contributed by atoms with Crippen molar-refractivity contribution < 1.29 is 4.42 Å². The lowest BCUT2D eigenvalue weighted by Gasteiger charge is -1.81. The van der Waals surface area contributed by atoms with Crippen LogP contribution in [0, 0.1) is 27.7 Å². The first-order chi connectivity index (χ1) is 7.00. The van der Waals surface area contributed by atoms with Gasteiger partial charge in [-0.15, -0.1) is 0 Å². The Morgan fingerprint density at radius 3 is 1.60 bits per heavy atom. The maximum atomic E-state index is 4.96. The second-order valence-corrected chi connectivity index (χ2v) is 3.95. The van der Waals surface area contributed by atoms with Crippen molar-refractivity contribution >= 4 is 0 Å². The summed E-state index contributed by atoms with van der Waals surface area (Å²) in [6.07, 6.45) is 5.94. The Morgan fingerprint density at radius 2 is 1.47 bits per heavy atom. The summed E-state index contributed by atoms with van der Waals surface area (Å²) >= 11 is 0. The average molecular weight is 205 g/mol. The maximum absolute atomic E-state index is 4.96. The molecule has 0 N–H and O–H groups in total. The molecule has 0 aliphatic rings. The second kappa shape index (κ2) is 4.87. The highest BCUT2D eigenvalue weighted by atomic mass is 16.3. The van der Waals surface area contributed by atoms with E-state index in [0.717, 1.165) is 5.76 Å². The molecule has 0 saturated heterocycles. The first kappa shape index (κ1) is 11.6. The molecule has 2 aromatic heterocycles. The summed E-state index contributed by atoms with van der Waals surface area (Å²) in [5.41, 5.74) is 3.96. The highest BCUT2D eigenvalue weighted by Crippen LogP contribution is 2.05. The van der Waals surface area contributed by atoms with Crippen LogP contribution in [0.3, 0.4) is 0 Å². The summed E-state index contributed by atoms with van der Waals surface area (Å²) in [4.78, 5) is 0. The molecule has 2 heterocycles. The third kappa shape index (κ3) is 3.31. The van der Waals surface area contributed by atoms with Crippen LogP contribution >= 0.6 is 0 Å². The largest absolute Gasteiger partial charge is 0.469 e. The van der Waals surface area contributed by atoms with Gasteiger partial charge in [-0.1, -0.05) is 0 Å². The van der Waals surface area contributed by atoms with Crippen molar-refractivity contribution in [3.05, 3.63) is 47.2 Å². The van der Waals surface area contributed by atoms with E-state index in [-0.39, 0.29) is 0 Å². The van der Waals surface area contributed by atoms with Crippen molar-refractivity contribution in [3.8, 4) is 0 Å². The Bertz CT molecular complexity index is 387. The highest BCUT2D eigenvalue weighted by Gasteiger charge is 1.90. The zero-order valence-corrected chi connectivity index (χ0v) is 10.2. The standard InChI is InChI=1S/C7H11N.C6H8O/c1-6-4-8(3)5-7(6)2;1-5-3-4-7-6(5)2/h4-5H,1-3H3;3-4H,1-2H3. The van der Waals surface area contributed by atoms with Gasteiger partial charge in [0.25, 0.3) is 0 Å². The molecule has 2 nitrogen and oxygen atoms in total. The average Bonchev–Trinajstić information content (AvgIpc) is 2.63. The van der Waals surface area contributed by atoms with Crippen molar-refractivity contribution in [1.29, 1.82) is 0 Å². The Balaban J connectivity index is 0.000000151. The van der Waals surface area contributed by atoms with Crippen LogP contribution in [0.25, 0.3) is 0 Å². The number of hydrogen-bond donors (Lipinski definition) is 0. The van der Waals surface area contributed by atoms with Crippen LogP contribution in [0.5, 0.6) is 0 Å². The van der Waals surface area contributed by atoms with Crippen molar-refractivity contribution in [2.75, 3.05) is 0 Å². The van der Waals surface area contributed by atoms with Crippen LogP contribution in [0.1, 0.15) is 22.5 Å². The molecule has 2 rings (SSSR count). The molecule has 0 aliphatic carbocycles. The minimum atomic E-state index is 1.01. The van der Waals surface area contributed by atoms with E-state index < -0.39 is 0 Å². The minimum Gasteiger partial charge on any atom is -0.469 e. The number of rotatable bonds is 0. The third-order valence-electron chi connectivity index (χ3n) is 2.53. The van der Waals surface area contributed by atoms with Gasteiger partial charge in [0.2, 0.25) is 0 Å². The Hall–Kier alpha value is -1.44. The molecule has 0 spiro atoms. The molecule has 0 radical (unpaired) electrons. The van der Waals surface area contributed by atoms with Gasteiger partial charge in [0.15, 0.2) is 0 Å². The fraction of sp³-hybridized carbons (Fsp3) is 0.385. The van der Waals surface area contributed by atoms with Crippen molar-refractivity contribution in [3.63, 3.8) is 0 Å². The van der Waals surface area contributed by atoms with Gasteiger partial charge in [-0.2, -0.15) is 0 Å². The Morgan fingerprint density at radius 1 is 0.933 bits per heavy atom. The van der Waals surface area contributed by atoms with E-state index in [4.69, 9.17) is 4.42 Å². The highest BCUT2D eigenvalue weighted by molar-refractivity contribution is 5.20. The van der Waals surface area contributed by atoms with Gasteiger partial charge in [-0.05, 0) is 50.5 Å². The zero-order valence-electron chi connectivity index (χ0n) is 10.2. The predicted molar refractivity (Wildman–Crippen MR) is 63.1 cm³/mol. The monoisotopic (exact) mass is 205 g/mol. The van der Waals surface area contributed by atoms with Crippen molar-refractivity contribution in [1.82, 2.24) is 4.57 Å². The van der Waals surface area contributed by atoms with E-state index >= 15 is 0 Å². The van der Waals surface area contributed by atoms with E-state index in [9.17, 15) is 0 Å². The van der Waals surface area contributed by atoms with Crippen LogP contribution in [0.2, 0.25) is 0 Å². The lowest BCUT2D eigenvalue weighted by molar-refractivity contribution is 0.532. The Labute approximate surface area is 91.5 Å². The number of aryl methyl sites for hydroxylation is 5. The van der Waals surface area contributed by atoms with E-state index in [1.54, 1.807) is 6.26 Å². The van der Waals surface area contributed by atoms with Crippen LogP contribution in [-0.4, -0.2) is 4.57 Å². The molecule has 0 bridgehead atoms. The van der Waals surface area contributed by atoms with Crippen LogP contribution < -0.4 is 0 Å². The summed E-state index contributed by atoms with van der Waals surface area (Å²) < 4.78 is 7.04. The summed E-state index contributed by atoms with van der Waals surface area (Å²) in [5, 5.41) is 0. The van der Waals surface area contributed by atoms with Gasteiger partial charge in [0.1, 0.15) is 5.76 Å². The fourth-order valence-corrected chi connectivity index (χ4v) is 1.30. The molecule has 0 saturated carbocycles.